The highest BCUT2D eigenvalue weighted by Crippen LogP contribution is 2.24. The van der Waals surface area contributed by atoms with Gasteiger partial charge in [-0.1, -0.05) is 11.6 Å². The van der Waals surface area contributed by atoms with E-state index in [2.05, 4.69) is 5.32 Å². The zero-order chi connectivity index (χ0) is 15.3. The van der Waals surface area contributed by atoms with E-state index in [-0.39, 0.29) is 16.5 Å². The molecule has 0 atom stereocenters. The number of anilines is 1. The monoisotopic (exact) mass is 320 g/mol. The van der Waals surface area contributed by atoms with Crippen LogP contribution in [0.2, 0.25) is 5.02 Å². The average molecular weight is 321 g/mol. The Bertz CT molecular complexity index is 589. The third-order valence-corrected chi connectivity index (χ3v) is 4.17. The fourth-order valence-electron chi connectivity index (χ4n) is 1.44. The molecule has 1 aromatic carbocycles. The first-order chi connectivity index (χ1) is 9.27. The van der Waals surface area contributed by atoms with Gasteiger partial charge < -0.3 is 10.1 Å². The molecule has 0 radical (unpaired) electrons. The van der Waals surface area contributed by atoms with Crippen LogP contribution in [-0.4, -0.2) is 47.9 Å². The van der Waals surface area contributed by atoms with Gasteiger partial charge in [0, 0.05) is 20.7 Å². The summed E-state index contributed by atoms with van der Waals surface area (Å²) in [6, 6.07) is 4.45. The van der Waals surface area contributed by atoms with E-state index in [1.165, 1.54) is 32.4 Å². The van der Waals surface area contributed by atoms with E-state index in [4.69, 9.17) is 16.3 Å². The summed E-state index contributed by atoms with van der Waals surface area (Å²) in [6.45, 7) is 0.773. The van der Waals surface area contributed by atoms with Crippen LogP contribution in [0.4, 0.5) is 5.69 Å². The SMILES string of the molecule is COCCNC(=O)c1ccc(N(C)S(C)(=O)=O)cc1Cl. The van der Waals surface area contributed by atoms with Crippen molar-refractivity contribution in [2.45, 2.75) is 0 Å². The number of nitrogens with zero attached hydrogens (tertiary/aromatic N) is 1. The molecule has 1 rings (SSSR count). The lowest BCUT2D eigenvalue weighted by Gasteiger charge is -2.17. The Morgan fingerprint density at radius 1 is 1.45 bits per heavy atom. The molecule has 0 aromatic heterocycles. The molecule has 1 amide bonds. The number of carbonyl (C=O) groups excluding carboxylic acids is 1. The van der Waals surface area contributed by atoms with E-state index in [0.717, 1.165) is 10.6 Å². The highest BCUT2D eigenvalue weighted by molar-refractivity contribution is 7.92. The van der Waals surface area contributed by atoms with Crippen LogP contribution < -0.4 is 9.62 Å². The van der Waals surface area contributed by atoms with Crippen LogP contribution in [0.3, 0.4) is 0 Å². The normalized spacial score (nSPS) is 11.2. The summed E-state index contributed by atoms with van der Waals surface area (Å²) in [6.07, 6.45) is 1.09. The van der Waals surface area contributed by atoms with Gasteiger partial charge in [-0.2, -0.15) is 0 Å². The van der Waals surface area contributed by atoms with Gasteiger partial charge in [0.05, 0.1) is 29.1 Å². The molecule has 0 aliphatic carbocycles. The van der Waals surface area contributed by atoms with Crippen LogP contribution in [-0.2, 0) is 14.8 Å². The molecular formula is C12H17ClN2O4S. The molecule has 6 nitrogen and oxygen atoms in total. The maximum atomic E-state index is 11.8. The van der Waals surface area contributed by atoms with Gasteiger partial charge in [-0.3, -0.25) is 9.10 Å². The number of nitrogens with one attached hydrogen (secondary N) is 1. The van der Waals surface area contributed by atoms with Crippen molar-refractivity contribution >= 4 is 33.2 Å². The molecule has 1 N–H and O–H groups in total. The van der Waals surface area contributed by atoms with Crippen molar-refractivity contribution in [3.63, 3.8) is 0 Å². The predicted octanol–water partition coefficient (Wildman–Crippen LogP) is 1.11. The second kappa shape index (κ2) is 6.92. The third kappa shape index (κ3) is 4.36. The number of rotatable bonds is 6. The maximum absolute atomic E-state index is 11.8. The van der Waals surface area contributed by atoms with Crippen LogP contribution in [0.15, 0.2) is 18.2 Å². The Morgan fingerprint density at radius 3 is 2.60 bits per heavy atom. The molecule has 0 saturated heterocycles. The van der Waals surface area contributed by atoms with Crippen LogP contribution in [0.25, 0.3) is 0 Å². The second-order valence-electron chi connectivity index (χ2n) is 4.14. The van der Waals surface area contributed by atoms with Gasteiger partial charge in [0.1, 0.15) is 0 Å². The quantitative estimate of drug-likeness (QED) is 0.797. The summed E-state index contributed by atoms with van der Waals surface area (Å²) in [5, 5.41) is 2.83. The number of sulfonamides is 1. The van der Waals surface area contributed by atoms with Gasteiger partial charge in [0.15, 0.2) is 0 Å². The minimum Gasteiger partial charge on any atom is -0.383 e. The lowest BCUT2D eigenvalue weighted by atomic mass is 10.2. The van der Waals surface area contributed by atoms with Crippen LogP contribution in [0.5, 0.6) is 0 Å². The number of halogens is 1. The number of ether oxygens (including phenoxy) is 1. The van der Waals surface area contributed by atoms with Crippen molar-refractivity contribution < 1.29 is 17.9 Å². The van der Waals surface area contributed by atoms with E-state index in [1.807, 2.05) is 0 Å². The lowest BCUT2D eigenvalue weighted by molar-refractivity contribution is 0.0937. The Kier molecular flexibility index (Phi) is 5.79. The number of methoxy groups -OCH3 is 1. The molecule has 0 unspecified atom stereocenters. The molecule has 20 heavy (non-hydrogen) atoms. The van der Waals surface area contributed by atoms with Crippen LogP contribution in [0, 0.1) is 0 Å². The molecule has 1 aromatic rings. The number of carbonyl (C=O) groups is 1. The topological polar surface area (TPSA) is 75.7 Å². The summed E-state index contributed by atoms with van der Waals surface area (Å²) in [5.41, 5.74) is 0.680. The van der Waals surface area contributed by atoms with E-state index in [1.54, 1.807) is 0 Å². The molecule has 0 heterocycles. The molecule has 0 saturated carbocycles. The average Bonchev–Trinajstić information content (AvgIpc) is 2.36. The van der Waals surface area contributed by atoms with Gasteiger partial charge >= 0.3 is 0 Å². The van der Waals surface area contributed by atoms with Crippen LogP contribution in [0.1, 0.15) is 10.4 Å². The van der Waals surface area contributed by atoms with Crippen molar-refractivity contribution in [3.8, 4) is 0 Å². The summed E-state index contributed by atoms with van der Waals surface area (Å²) < 4.78 is 28.8. The van der Waals surface area contributed by atoms with Gasteiger partial charge in [-0.15, -0.1) is 0 Å². The molecule has 0 fully saturated rings. The fraction of sp³-hybridized carbons (Fsp3) is 0.417. The first-order valence-electron chi connectivity index (χ1n) is 5.78. The summed E-state index contributed by atoms with van der Waals surface area (Å²) in [7, 11) is -0.413. The fourth-order valence-corrected chi connectivity index (χ4v) is 2.19. The highest BCUT2D eigenvalue weighted by Gasteiger charge is 2.15. The smallest absolute Gasteiger partial charge is 0.252 e. The van der Waals surface area contributed by atoms with Gasteiger partial charge in [0.2, 0.25) is 10.0 Å². The number of amides is 1. The summed E-state index contributed by atoms with van der Waals surface area (Å²) >= 11 is 6.02. The minimum absolute atomic E-state index is 0.188. The molecule has 0 aliphatic heterocycles. The molecule has 112 valence electrons. The Balaban J connectivity index is 2.91. The first kappa shape index (κ1) is 16.7. The van der Waals surface area contributed by atoms with Gasteiger partial charge in [-0.05, 0) is 18.2 Å². The Labute approximate surface area is 123 Å². The largest absolute Gasteiger partial charge is 0.383 e. The predicted molar refractivity (Wildman–Crippen MR) is 78.9 cm³/mol. The molecule has 0 spiro atoms. The maximum Gasteiger partial charge on any atom is 0.252 e. The summed E-state index contributed by atoms with van der Waals surface area (Å²) in [5.74, 6) is -0.333. The highest BCUT2D eigenvalue weighted by atomic mass is 35.5. The second-order valence-corrected chi connectivity index (χ2v) is 6.56. The molecule has 8 heteroatoms. The number of hydrogen-bond acceptors (Lipinski definition) is 4. The van der Waals surface area contributed by atoms with E-state index in [9.17, 15) is 13.2 Å². The number of hydrogen-bond donors (Lipinski definition) is 1. The van der Waals surface area contributed by atoms with Crippen molar-refractivity contribution in [1.29, 1.82) is 0 Å². The Hall–Kier alpha value is -1.31. The Morgan fingerprint density at radius 2 is 2.10 bits per heavy atom. The standard InChI is InChI=1S/C12H17ClN2O4S/c1-15(20(3,17)18)9-4-5-10(11(13)8-9)12(16)14-6-7-19-2/h4-5,8H,6-7H2,1-3H3,(H,14,16). The molecule has 0 aliphatic rings. The minimum atomic E-state index is -3.37. The molecule has 0 bridgehead atoms. The first-order valence-corrected chi connectivity index (χ1v) is 8.00. The van der Waals surface area contributed by atoms with Crippen molar-refractivity contribution in [2.75, 3.05) is 37.9 Å². The third-order valence-electron chi connectivity index (χ3n) is 2.65. The van der Waals surface area contributed by atoms with E-state index >= 15 is 0 Å². The van der Waals surface area contributed by atoms with E-state index in [0.29, 0.717) is 18.8 Å². The molecular weight excluding hydrogens is 304 g/mol. The zero-order valence-electron chi connectivity index (χ0n) is 11.5. The zero-order valence-corrected chi connectivity index (χ0v) is 13.1. The van der Waals surface area contributed by atoms with Gasteiger partial charge in [-0.25, -0.2) is 8.42 Å². The van der Waals surface area contributed by atoms with Crippen molar-refractivity contribution in [1.82, 2.24) is 5.32 Å². The number of benzene rings is 1. The van der Waals surface area contributed by atoms with Crippen molar-refractivity contribution in [2.24, 2.45) is 0 Å². The van der Waals surface area contributed by atoms with Gasteiger partial charge in [0.25, 0.3) is 5.91 Å². The van der Waals surface area contributed by atoms with Crippen LogP contribution >= 0.6 is 11.6 Å². The lowest BCUT2D eigenvalue weighted by Crippen LogP contribution is -2.28. The van der Waals surface area contributed by atoms with E-state index < -0.39 is 10.0 Å². The summed E-state index contributed by atoms with van der Waals surface area (Å²) in [4.78, 5) is 11.8. The van der Waals surface area contributed by atoms with Crippen molar-refractivity contribution in [3.05, 3.63) is 28.8 Å².